The predicted molar refractivity (Wildman–Crippen MR) is 77.2 cm³/mol. The Morgan fingerprint density at radius 3 is 2.41 bits per heavy atom. The smallest absolute Gasteiger partial charge is 0.251 e. The maximum absolute atomic E-state index is 13.0. The molecule has 1 aromatic carbocycles. The molecule has 1 unspecified atom stereocenters. The van der Waals surface area contributed by atoms with Gasteiger partial charge < -0.3 is 15.7 Å². The molecule has 7 heteroatoms. The standard InChI is InChI=1S/C15H20F2N2O3/c1-9(2)15(3,22)8-19-13(20)7-18-14(21)10-4-5-11(16)12(17)6-10/h4-6,9,22H,7-8H2,1-3H3,(H,18,21)(H,19,20). The van der Waals surface area contributed by atoms with E-state index < -0.39 is 29.0 Å². The molecule has 0 aliphatic carbocycles. The highest BCUT2D eigenvalue weighted by Crippen LogP contribution is 2.14. The number of hydrogen-bond donors (Lipinski definition) is 3. The van der Waals surface area contributed by atoms with Crippen molar-refractivity contribution in [3.05, 3.63) is 35.4 Å². The quantitative estimate of drug-likeness (QED) is 0.739. The third-order valence-corrected chi connectivity index (χ3v) is 3.48. The van der Waals surface area contributed by atoms with Crippen LogP contribution in [0.4, 0.5) is 8.78 Å². The van der Waals surface area contributed by atoms with E-state index in [1.807, 2.05) is 13.8 Å². The predicted octanol–water partition coefficient (Wildman–Crippen LogP) is 1.22. The fourth-order valence-corrected chi connectivity index (χ4v) is 1.44. The first-order valence-electron chi connectivity index (χ1n) is 6.86. The fourth-order valence-electron chi connectivity index (χ4n) is 1.44. The van der Waals surface area contributed by atoms with Crippen molar-refractivity contribution in [3.8, 4) is 0 Å². The molecule has 0 saturated heterocycles. The van der Waals surface area contributed by atoms with Gasteiger partial charge >= 0.3 is 0 Å². The highest BCUT2D eigenvalue weighted by atomic mass is 19.2. The molecule has 2 amide bonds. The summed E-state index contributed by atoms with van der Waals surface area (Å²) in [5, 5.41) is 14.8. The van der Waals surface area contributed by atoms with Crippen LogP contribution in [-0.2, 0) is 4.79 Å². The van der Waals surface area contributed by atoms with Crippen molar-refractivity contribution in [2.75, 3.05) is 13.1 Å². The molecule has 22 heavy (non-hydrogen) atoms. The molecule has 0 heterocycles. The molecule has 0 fully saturated rings. The second-order valence-electron chi connectivity index (χ2n) is 5.60. The Bertz CT molecular complexity index is 560. The molecule has 0 aromatic heterocycles. The minimum atomic E-state index is -1.13. The van der Waals surface area contributed by atoms with Crippen molar-refractivity contribution in [1.82, 2.24) is 10.6 Å². The van der Waals surface area contributed by atoms with Crippen LogP contribution in [0.25, 0.3) is 0 Å². The van der Waals surface area contributed by atoms with Crippen molar-refractivity contribution < 1.29 is 23.5 Å². The number of halogens is 2. The summed E-state index contributed by atoms with van der Waals surface area (Å²) < 4.78 is 25.8. The summed E-state index contributed by atoms with van der Waals surface area (Å²) in [4.78, 5) is 23.3. The summed E-state index contributed by atoms with van der Waals surface area (Å²) in [6.07, 6.45) is 0. The number of benzene rings is 1. The summed E-state index contributed by atoms with van der Waals surface area (Å²) in [6.45, 7) is 4.95. The summed E-state index contributed by atoms with van der Waals surface area (Å²) >= 11 is 0. The summed E-state index contributed by atoms with van der Waals surface area (Å²) in [7, 11) is 0. The van der Waals surface area contributed by atoms with E-state index >= 15 is 0 Å². The lowest BCUT2D eigenvalue weighted by Gasteiger charge is -2.27. The van der Waals surface area contributed by atoms with Gasteiger partial charge in [-0.1, -0.05) is 13.8 Å². The molecule has 1 rings (SSSR count). The Balaban J connectivity index is 2.47. The zero-order chi connectivity index (χ0) is 16.9. The molecule has 0 spiro atoms. The maximum atomic E-state index is 13.0. The van der Waals surface area contributed by atoms with Crippen molar-refractivity contribution >= 4 is 11.8 Å². The number of nitrogens with one attached hydrogen (secondary N) is 2. The van der Waals surface area contributed by atoms with Crippen LogP contribution in [0.1, 0.15) is 31.1 Å². The van der Waals surface area contributed by atoms with E-state index in [0.717, 1.165) is 18.2 Å². The first kappa shape index (κ1) is 18.0. The average molecular weight is 314 g/mol. The number of carbonyl (C=O) groups excluding carboxylic acids is 2. The molecular formula is C15H20F2N2O3. The molecule has 5 nitrogen and oxygen atoms in total. The number of amides is 2. The minimum Gasteiger partial charge on any atom is -0.388 e. The third kappa shape index (κ3) is 5.07. The molecular weight excluding hydrogens is 294 g/mol. The summed E-state index contributed by atoms with van der Waals surface area (Å²) in [5.41, 5.74) is -1.14. The Morgan fingerprint density at radius 2 is 1.86 bits per heavy atom. The number of hydrogen-bond acceptors (Lipinski definition) is 3. The number of rotatable bonds is 6. The van der Waals surface area contributed by atoms with Gasteiger partial charge in [-0.05, 0) is 31.0 Å². The van der Waals surface area contributed by atoms with Gasteiger partial charge in [-0.25, -0.2) is 8.78 Å². The van der Waals surface area contributed by atoms with Crippen LogP contribution in [0.3, 0.4) is 0 Å². The second kappa shape index (κ2) is 7.31. The monoisotopic (exact) mass is 314 g/mol. The van der Waals surface area contributed by atoms with Crippen LogP contribution in [0.15, 0.2) is 18.2 Å². The molecule has 3 N–H and O–H groups in total. The molecule has 1 atom stereocenters. The van der Waals surface area contributed by atoms with E-state index in [4.69, 9.17) is 0 Å². The first-order chi connectivity index (χ1) is 10.1. The van der Waals surface area contributed by atoms with Crippen LogP contribution in [0.2, 0.25) is 0 Å². The average Bonchev–Trinajstić information content (AvgIpc) is 2.45. The summed E-state index contributed by atoms with van der Waals surface area (Å²) in [5.74, 6) is -3.42. The van der Waals surface area contributed by atoms with Crippen molar-refractivity contribution in [3.63, 3.8) is 0 Å². The highest BCUT2D eigenvalue weighted by molar-refractivity contribution is 5.96. The fraction of sp³-hybridized carbons (Fsp3) is 0.467. The Kier molecular flexibility index (Phi) is 5.99. The lowest BCUT2D eigenvalue weighted by atomic mass is 9.92. The third-order valence-electron chi connectivity index (χ3n) is 3.48. The lowest BCUT2D eigenvalue weighted by molar-refractivity contribution is -0.121. The molecule has 0 bridgehead atoms. The van der Waals surface area contributed by atoms with E-state index in [9.17, 15) is 23.5 Å². The molecule has 0 aliphatic rings. The second-order valence-corrected chi connectivity index (χ2v) is 5.60. The van der Waals surface area contributed by atoms with Crippen LogP contribution >= 0.6 is 0 Å². The van der Waals surface area contributed by atoms with Gasteiger partial charge in [0.15, 0.2) is 11.6 Å². The Hall–Kier alpha value is -2.02. The maximum Gasteiger partial charge on any atom is 0.251 e. The Labute approximate surface area is 127 Å². The SMILES string of the molecule is CC(C)C(C)(O)CNC(=O)CNC(=O)c1ccc(F)c(F)c1. The van der Waals surface area contributed by atoms with E-state index in [1.165, 1.54) is 0 Å². The largest absolute Gasteiger partial charge is 0.388 e. The lowest BCUT2D eigenvalue weighted by Crippen LogP contribution is -2.47. The molecule has 0 radical (unpaired) electrons. The number of aliphatic hydroxyl groups is 1. The zero-order valence-corrected chi connectivity index (χ0v) is 12.7. The van der Waals surface area contributed by atoms with Crippen molar-refractivity contribution in [1.29, 1.82) is 0 Å². The van der Waals surface area contributed by atoms with Gasteiger partial charge in [0.25, 0.3) is 5.91 Å². The highest BCUT2D eigenvalue weighted by Gasteiger charge is 2.25. The van der Waals surface area contributed by atoms with Gasteiger partial charge in [0, 0.05) is 12.1 Å². The van der Waals surface area contributed by atoms with Crippen molar-refractivity contribution in [2.24, 2.45) is 5.92 Å². The van der Waals surface area contributed by atoms with Crippen molar-refractivity contribution in [2.45, 2.75) is 26.4 Å². The Morgan fingerprint density at radius 1 is 1.23 bits per heavy atom. The van der Waals surface area contributed by atoms with Crippen LogP contribution < -0.4 is 10.6 Å². The number of carbonyl (C=O) groups is 2. The van der Waals surface area contributed by atoms with Crippen LogP contribution in [0.5, 0.6) is 0 Å². The molecule has 0 saturated carbocycles. The van der Waals surface area contributed by atoms with Gasteiger partial charge in [-0.2, -0.15) is 0 Å². The van der Waals surface area contributed by atoms with Crippen LogP contribution in [-0.4, -0.2) is 35.6 Å². The topological polar surface area (TPSA) is 78.4 Å². The molecule has 122 valence electrons. The normalized spacial score (nSPS) is 13.6. The van der Waals surface area contributed by atoms with Gasteiger partial charge in [0.2, 0.25) is 5.91 Å². The zero-order valence-electron chi connectivity index (χ0n) is 12.7. The minimum absolute atomic E-state index is 0.0462. The molecule has 1 aromatic rings. The summed E-state index contributed by atoms with van der Waals surface area (Å²) in [6, 6.07) is 2.71. The van der Waals surface area contributed by atoms with Gasteiger partial charge in [0.05, 0.1) is 12.1 Å². The van der Waals surface area contributed by atoms with Gasteiger partial charge in [0.1, 0.15) is 0 Å². The van der Waals surface area contributed by atoms with E-state index in [1.54, 1.807) is 6.92 Å². The van der Waals surface area contributed by atoms with Crippen LogP contribution in [0, 0.1) is 17.6 Å². The molecule has 0 aliphatic heterocycles. The van der Waals surface area contributed by atoms with E-state index in [2.05, 4.69) is 10.6 Å². The van der Waals surface area contributed by atoms with E-state index in [0.29, 0.717) is 0 Å². The van der Waals surface area contributed by atoms with Gasteiger partial charge in [-0.3, -0.25) is 9.59 Å². The van der Waals surface area contributed by atoms with E-state index in [-0.39, 0.29) is 24.6 Å². The first-order valence-corrected chi connectivity index (χ1v) is 6.86. The van der Waals surface area contributed by atoms with Gasteiger partial charge in [-0.15, -0.1) is 0 Å².